The number of halogens is 2. The molecule has 6 nitrogen and oxygen atoms in total. The maximum atomic E-state index is 13.9. The number of carbonyl (C=O) groups is 3. The summed E-state index contributed by atoms with van der Waals surface area (Å²) in [6.07, 6.45) is 0. The first-order chi connectivity index (χ1) is 12.3. The molecular weight excluding hydrogens is 344 g/mol. The largest absolute Gasteiger partial charge is 0.319 e. The van der Waals surface area contributed by atoms with Crippen LogP contribution >= 0.6 is 0 Å². The molecule has 0 aliphatic carbocycles. The quantitative estimate of drug-likeness (QED) is 0.857. The monoisotopic (exact) mass is 355 g/mol. The van der Waals surface area contributed by atoms with Crippen LogP contribution in [0.1, 0.15) is 33.2 Å². The minimum atomic E-state index is -1.29. The van der Waals surface area contributed by atoms with Crippen LogP contribution < -0.4 is 5.32 Å². The lowest BCUT2D eigenvalue weighted by molar-refractivity contribution is -0.119. The normalized spacial score (nSPS) is 14.0. The Morgan fingerprint density at radius 1 is 1.12 bits per heavy atom. The van der Waals surface area contributed by atoms with Gasteiger partial charge in [0.05, 0.1) is 22.8 Å². The maximum Gasteiger partial charge on any atom is 0.262 e. The first-order valence-corrected chi connectivity index (χ1v) is 7.52. The number of amides is 3. The average Bonchev–Trinajstić information content (AvgIpc) is 2.88. The van der Waals surface area contributed by atoms with E-state index in [1.165, 1.54) is 19.1 Å². The first-order valence-electron chi connectivity index (χ1n) is 7.52. The molecule has 0 bridgehead atoms. The minimum Gasteiger partial charge on any atom is -0.319 e. The van der Waals surface area contributed by atoms with Gasteiger partial charge in [-0.2, -0.15) is 5.26 Å². The molecule has 0 spiro atoms. The van der Waals surface area contributed by atoms with E-state index in [0.29, 0.717) is 0 Å². The van der Waals surface area contributed by atoms with Gasteiger partial charge in [-0.1, -0.05) is 12.1 Å². The van der Waals surface area contributed by atoms with Gasteiger partial charge in [0.2, 0.25) is 5.91 Å². The highest BCUT2D eigenvalue weighted by Gasteiger charge is 2.40. The molecule has 1 N–H and O–H groups in total. The molecular formula is C18H11F2N3O3. The third-order valence-electron chi connectivity index (χ3n) is 4.01. The van der Waals surface area contributed by atoms with Crippen LogP contribution in [0.5, 0.6) is 0 Å². The van der Waals surface area contributed by atoms with Crippen molar-refractivity contribution in [3.05, 3.63) is 64.7 Å². The number of imide groups is 1. The summed E-state index contributed by atoms with van der Waals surface area (Å²) in [6, 6.07) is 7.92. The molecule has 0 unspecified atom stereocenters. The van der Waals surface area contributed by atoms with Crippen molar-refractivity contribution in [2.24, 2.45) is 0 Å². The fourth-order valence-electron chi connectivity index (χ4n) is 2.66. The molecule has 3 rings (SSSR count). The molecule has 0 fully saturated rings. The highest BCUT2D eigenvalue weighted by Crippen LogP contribution is 2.26. The number of nitrogens with zero attached hydrogens (tertiary/aromatic N) is 2. The van der Waals surface area contributed by atoms with E-state index in [0.717, 1.165) is 17.0 Å². The van der Waals surface area contributed by atoms with Crippen molar-refractivity contribution < 1.29 is 23.2 Å². The van der Waals surface area contributed by atoms with E-state index in [2.05, 4.69) is 0 Å². The van der Waals surface area contributed by atoms with Gasteiger partial charge in [-0.05, 0) is 31.2 Å². The predicted molar refractivity (Wildman–Crippen MR) is 86.1 cm³/mol. The Labute approximate surface area is 146 Å². The second kappa shape index (κ2) is 6.37. The minimum absolute atomic E-state index is 0.160. The molecule has 0 saturated heterocycles. The molecule has 2 aromatic carbocycles. The Morgan fingerprint density at radius 3 is 2.08 bits per heavy atom. The molecule has 8 heteroatoms. The van der Waals surface area contributed by atoms with Gasteiger partial charge in [-0.25, -0.2) is 8.78 Å². The predicted octanol–water partition coefficient (Wildman–Crippen LogP) is 2.46. The Morgan fingerprint density at radius 2 is 1.62 bits per heavy atom. The second-order valence-corrected chi connectivity index (χ2v) is 5.62. The number of fused-ring (bicyclic) bond motifs is 1. The molecule has 1 atom stereocenters. The van der Waals surface area contributed by atoms with Gasteiger partial charge in [0.25, 0.3) is 11.8 Å². The Hall–Kier alpha value is -3.60. The standard InChI is InChI=1S/C18H11F2N3O3/c1-9(23-17(25)11-4-2-3-5-12(11)18(23)26)16(24)22-15-13(19)6-10(8-21)7-14(15)20/h2-7,9H,1H3,(H,22,24)/t9-/m0/s1. The summed E-state index contributed by atoms with van der Waals surface area (Å²) >= 11 is 0. The van der Waals surface area contributed by atoms with E-state index in [1.807, 2.05) is 5.32 Å². The van der Waals surface area contributed by atoms with Crippen LogP contribution in [0.25, 0.3) is 0 Å². The fraction of sp³-hybridized carbons (Fsp3) is 0.111. The van der Waals surface area contributed by atoms with Gasteiger partial charge >= 0.3 is 0 Å². The van der Waals surface area contributed by atoms with E-state index in [4.69, 9.17) is 5.26 Å². The van der Waals surface area contributed by atoms with Crippen molar-refractivity contribution in [1.29, 1.82) is 5.26 Å². The number of anilines is 1. The van der Waals surface area contributed by atoms with Crippen LogP contribution in [0.3, 0.4) is 0 Å². The number of carbonyl (C=O) groups excluding carboxylic acids is 3. The van der Waals surface area contributed by atoms with Crippen LogP contribution in [-0.2, 0) is 4.79 Å². The van der Waals surface area contributed by atoms with Crippen molar-refractivity contribution >= 4 is 23.4 Å². The molecule has 26 heavy (non-hydrogen) atoms. The van der Waals surface area contributed by atoms with Crippen molar-refractivity contribution in [3.63, 3.8) is 0 Å². The molecule has 0 saturated carbocycles. The zero-order chi connectivity index (χ0) is 19.0. The molecule has 3 amide bonds. The molecule has 1 aliphatic heterocycles. The van der Waals surface area contributed by atoms with Gasteiger partial charge in [-0.3, -0.25) is 19.3 Å². The van der Waals surface area contributed by atoms with Crippen LogP contribution in [0.15, 0.2) is 36.4 Å². The van der Waals surface area contributed by atoms with E-state index in [1.54, 1.807) is 18.2 Å². The molecule has 0 radical (unpaired) electrons. The summed E-state index contributed by atoms with van der Waals surface area (Å²) in [5.74, 6) is -4.53. The van der Waals surface area contributed by atoms with Crippen LogP contribution in [0.2, 0.25) is 0 Å². The van der Waals surface area contributed by atoms with Crippen LogP contribution in [0, 0.1) is 23.0 Å². The summed E-state index contributed by atoms with van der Waals surface area (Å²) in [5.41, 5.74) is -0.676. The smallest absolute Gasteiger partial charge is 0.262 e. The van der Waals surface area contributed by atoms with E-state index in [-0.39, 0.29) is 16.7 Å². The number of nitrogens with one attached hydrogen (secondary N) is 1. The maximum absolute atomic E-state index is 13.9. The number of rotatable bonds is 3. The van der Waals surface area contributed by atoms with Gasteiger partial charge in [0, 0.05) is 0 Å². The zero-order valence-corrected chi connectivity index (χ0v) is 13.4. The van der Waals surface area contributed by atoms with Crippen molar-refractivity contribution in [3.8, 4) is 6.07 Å². The lowest BCUT2D eigenvalue weighted by atomic mass is 10.1. The van der Waals surface area contributed by atoms with Crippen molar-refractivity contribution in [2.75, 3.05) is 5.32 Å². The topological polar surface area (TPSA) is 90.3 Å². The van der Waals surface area contributed by atoms with Gasteiger partial charge in [0.1, 0.15) is 11.7 Å². The molecule has 1 aliphatic rings. The lowest BCUT2D eigenvalue weighted by Crippen LogP contribution is -2.45. The van der Waals surface area contributed by atoms with Gasteiger partial charge in [-0.15, -0.1) is 0 Å². The Bertz CT molecular complexity index is 939. The molecule has 0 aromatic heterocycles. The summed E-state index contributed by atoms with van der Waals surface area (Å²) in [6.45, 7) is 1.27. The first kappa shape index (κ1) is 17.2. The highest BCUT2D eigenvalue weighted by molar-refractivity contribution is 6.23. The SMILES string of the molecule is C[C@@H](C(=O)Nc1c(F)cc(C#N)cc1F)N1C(=O)c2ccccc2C1=O. The van der Waals surface area contributed by atoms with Crippen LogP contribution in [0.4, 0.5) is 14.5 Å². The van der Waals surface area contributed by atoms with Gasteiger partial charge < -0.3 is 5.32 Å². The summed E-state index contributed by atoms with van der Waals surface area (Å²) in [4.78, 5) is 37.8. The van der Waals surface area contributed by atoms with Crippen LogP contribution in [-0.4, -0.2) is 28.7 Å². The third-order valence-corrected chi connectivity index (χ3v) is 4.01. The number of hydrogen-bond donors (Lipinski definition) is 1. The zero-order valence-electron chi connectivity index (χ0n) is 13.4. The number of benzene rings is 2. The molecule has 2 aromatic rings. The van der Waals surface area contributed by atoms with E-state index >= 15 is 0 Å². The average molecular weight is 355 g/mol. The fourth-order valence-corrected chi connectivity index (χ4v) is 2.66. The number of hydrogen-bond acceptors (Lipinski definition) is 4. The summed E-state index contributed by atoms with van der Waals surface area (Å²) < 4.78 is 27.8. The van der Waals surface area contributed by atoms with Crippen molar-refractivity contribution in [1.82, 2.24) is 4.90 Å². The number of nitriles is 1. The Balaban J connectivity index is 1.85. The summed E-state index contributed by atoms with van der Waals surface area (Å²) in [5, 5.41) is 10.7. The van der Waals surface area contributed by atoms with E-state index < -0.39 is 41.1 Å². The second-order valence-electron chi connectivity index (χ2n) is 5.62. The van der Waals surface area contributed by atoms with Gasteiger partial charge in [0.15, 0.2) is 11.6 Å². The lowest BCUT2D eigenvalue weighted by Gasteiger charge is -2.22. The molecule has 1 heterocycles. The highest BCUT2D eigenvalue weighted by atomic mass is 19.1. The van der Waals surface area contributed by atoms with E-state index in [9.17, 15) is 23.2 Å². The Kier molecular flexibility index (Phi) is 4.22. The molecule has 130 valence electrons. The third kappa shape index (κ3) is 2.69. The van der Waals surface area contributed by atoms with Crippen molar-refractivity contribution in [2.45, 2.75) is 13.0 Å². The summed E-state index contributed by atoms with van der Waals surface area (Å²) in [7, 11) is 0.